The quantitative estimate of drug-likeness (QED) is 0.172. The molecule has 1 aliphatic carbocycles. The number of fused-ring (bicyclic) bond motifs is 6. The van der Waals surface area contributed by atoms with E-state index in [0.717, 1.165) is 28.6 Å². The lowest BCUT2D eigenvalue weighted by molar-refractivity contribution is 0.488. The zero-order chi connectivity index (χ0) is 33.2. The molecule has 0 bridgehead atoms. The summed E-state index contributed by atoms with van der Waals surface area (Å²) in [6.45, 7) is 7.08. The highest BCUT2D eigenvalue weighted by Gasteiger charge is 2.50. The highest BCUT2D eigenvalue weighted by atomic mass is 28.3. The van der Waals surface area contributed by atoms with Gasteiger partial charge in [-0.3, -0.25) is 0 Å². The molecule has 1 aliphatic heterocycles. The van der Waals surface area contributed by atoms with Crippen LogP contribution in [-0.2, 0) is 5.41 Å². The number of para-hydroxylation sites is 2. The Bertz CT molecular complexity index is 2310. The van der Waals surface area contributed by atoms with E-state index >= 15 is 0 Å². The smallest absolute Gasteiger partial charge is 0.135 e. The van der Waals surface area contributed by atoms with Crippen molar-refractivity contribution in [3.05, 3.63) is 198 Å². The highest BCUT2D eigenvalue weighted by Crippen LogP contribution is 2.60. The summed E-state index contributed by atoms with van der Waals surface area (Å²) in [5.41, 5.74) is 11.5. The first-order valence-electron chi connectivity index (χ1n) is 17.1. The molecule has 0 fully saturated rings. The predicted molar refractivity (Wildman–Crippen MR) is 206 cm³/mol. The Morgan fingerprint density at radius 2 is 1.10 bits per heavy atom. The van der Waals surface area contributed by atoms with E-state index in [4.69, 9.17) is 4.74 Å². The van der Waals surface area contributed by atoms with Crippen LogP contribution in [0.3, 0.4) is 0 Å². The van der Waals surface area contributed by atoms with Crippen LogP contribution in [0, 0.1) is 6.92 Å². The van der Waals surface area contributed by atoms with E-state index in [1.54, 1.807) is 0 Å². The number of hydrogen-bond acceptors (Lipinski definition) is 2. The monoisotopic (exact) mass is 647 g/mol. The second-order valence-electron chi connectivity index (χ2n) is 13.8. The zero-order valence-electron chi connectivity index (χ0n) is 28.0. The SMILES string of the molecule is Cc1cccc(N(c2ccccc2)c2ccc3c(c2)-c2c(ccc4c2Oc2ccccc2[Si]4(C)C)C3(c2ccccc2)c2ccccc2)c1. The third-order valence-electron chi connectivity index (χ3n) is 10.6. The summed E-state index contributed by atoms with van der Waals surface area (Å²) in [7, 11) is -2.08. The Balaban J connectivity index is 1.39. The first-order chi connectivity index (χ1) is 24.0. The maximum atomic E-state index is 7.08. The van der Waals surface area contributed by atoms with Gasteiger partial charge in [0, 0.05) is 22.6 Å². The van der Waals surface area contributed by atoms with E-state index in [-0.39, 0.29) is 0 Å². The molecule has 0 aromatic heterocycles. The minimum atomic E-state index is -2.08. The second-order valence-corrected chi connectivity index (χ2v) is 18.1. The predicted octanol–water partition coefficient (Wildman–Crippen LogP) is 10.8. The highest BCUT2D eigenvalue weighted by molar-refractivity contribution is 7.01. The Labute approximate surface area is 289 Å². The van der Waals surface area contributed by atoms with E-state index in [9.17, 15) is 0 Å². The van der Waals surface area contributed by atoms with Gasteiger partial charge in [0.1, 0.15) is 19.6 Å². The molecule has 3 heteroatoms. The fourth-order valence-corrected chi connectivity index (χ4v) is 11.2. The fourth-order valence-electron chi connectivity index (χ4n) is 8.39. The fraction of sp³-hybridized carbons (Fsp3) is 0.0870. The molecule has 2 aliphatic rings. The van der Waals surface area contributed by atoms with E-state index in [2.05, 4.69) is 195 Å². The number of hydrogen-bond donors (Lipinski definition) is 0. The molecule has 0 saturated carbocycles. The average Bonchev–Trinajstić information content (AvgIpc) is 3.44. The molecule has 2 nitrogen and oxygen atoms in total. The Hall–Kier alpha value is -5.64. The third-order valence-corrected chi connectivity index (χ3v) is 14.1. The van der Waals surface area contributed by atoms with Gasteiger partial charge in [-0.15, -0.1) is 0 Å². The van der Waals surface area contributed by atoms with Gasteiger partial charge in [0.15, 0.2) is 0 Å². The molecule has 0 radical (unpaired) electrons. The van der Waals surface area contributed by atoms with Crippen molar-refractivity contribution in [1.82, 2.24) is 0 Å². The summed E-state index contributed by atoms with van der Waals surface area (Å²) >= 11 is 0. The van der Waals surface area contributed by atoms with E-state index < -0.39 is 13.5 Å². The van der Waals surface area contributed by atoms with E-state index in [1.807, 2.05) is 0 Å². The summed E-state index contributed by atoms with van der Waals surface area (Å²) in [4.78, 5) is 2.38. The van der Waals surface area contributed by atoms with Gasteiger partial charge in [0.05, 0.1) is 5.41 Å². The van der Waals surface area contributed by atoms with Crippen molar-refractivity contribution >= 4 is 35.5 Å². The molecular formula is C46H37NOSi. The van der Waals surface area contributed by atoms with Crippen molar-refractivity contribution < 1.29 is 4.74 Å². The number of rotatable bonds is 5. The van der Waals surface area contributed by atoms with Crippen molar-refractivity contribution in [1.29, 1.82) is 0 Å². The van der Waals surface area contributed by atoms with Gasteiger partial charge in [-0.05, 0) is 93.1 Å². The van der Waals surface area contributed by atoms with Gasteiger partial charge < -0.3 is 9.64 Å². The summed E-state index contributed by atoms with van der Waals surface area (Å²) in [6, 6.07) is 62.1. The van der Waals surface area contributed by atoms with Crippen molar-refractivity contribution in [2.45, 2.75) is 25.4 Å². The lowest BCUT2D eigenvalue weighted by Gasteiger charge is -2.36. The third kappa shape index (κ3) is 4.39. The molecule has 49 heavy (non-hydrogen) atoms. The molecule has 236 valence electrons. The van der Waals surface area contributed by atoms with Crippen LogP contribution < -0.4 is 20.0 Å². The number of anilines is 3. The van der Waals surface area contributed by atoms with Crippen molar-refractivity contribution in [3.8, 4) is 22.6 Å². The first kappa shape index (κ1) is 29.5. The number of ether oxygens (including phenoxy) is 1. The maximum Gasteiger partial charge on any atom is 0.135 e. The number of benzene rings is 7. The zero-order valence-corrected chi connectivity index (χ0v) is 29.0. The van der Waals surface area contributed by atoms with Gasteiger partial charge in [-0.2, -0.15) is 0 Å². The molecule has 0 amide bonds. The van der Waals surface area contributed by atoms with Crippen molar-refractivity contribution in [3.63, 3.8) is 0 Å². The maximum absolute atomic E-state index is 7.08. The Kier molecular flexibility index (Phi) is 6.75. The molecular weight excluding hydrogens is 611 g/mol. The number of nitrogens with zero attached hydrogens (tertiary/aromatic N) is 1. The summed E-state index contributed by atoms with van der Waals surface area (Å²) in [6.07, 6.45) is 0. The van der Waals surface area contributed by atoms with Crippen LogP contribution in [0.4, 0.5) is 17.1 Å². The van der Waals surface area contributed by atoms with Crippen LogP contribution in [-0.4, -0.2) is 8.07 Å². The summed E-state index contributed by atoms with van der Waals surface area (Å²) < 4.78 is 7.08. The largest absolute Gasteiger partial charge is 0.457 e. The van der Waals surface area contributed by atoms with Gasteiger partial charge >= 0.3 is 0 Å². The molecule has 0 unspecified atom stereocenters. The molecule has 0 saturated heterocycles. The average molecular weight is 648 g/mol. The van der Waals surface area contributed by atoms with Crippen LogP contribution in [0.1, 0.15) is 27.8 Å². The summed E-state index contributed by atoms with van der Waals surface area (Å²) in [5, 5.41) is 2.69. The van der Waals surface area contributed by atoms with Gasteiger partial charge in [0.25, 0.3) is 0 Å². The standard InChI is InChI=1S/C46H37NOSi/c1-32-16-15-23-36(30-32)47(35-21-11-6-12-22-35)37-26-27-39-38(31-37)44-40(46(39,33-17-7-4-8-18-33)34-19-9-5-10-20-34)28-29-43-45(44)48-41-24-13-14-25-42(41)49(43,2)3/h4-31H,1-3H3. The number of aryl methyl sites for hydroxylation is 1. The minimum absolute atomic E-state index is 0.520. The molecule has 7 aromatic rings. The molecule has 0 atom stereocenters. The van der Waals surface area contributed by atoms with Crippen LogP contribution in [0.5, 0.6) is 11.5 Å². The summed E-state index contributed by atoms with van der Waals surface area (Å²) in [5.74, 6) is 2.00. The Morgan fingerprint density at radius 3 is 1.80 bits per heavy atom. The van der Waals surface area contributed by atoms with Crippen molar-refractivity contribution in [2.75, 3.05) is 4.90 Å². The van der Waals surface area contributed by atoms with Crippen LogP contribution in [0.15, 0.2) is 170 Å². The molecule has 0 spiro atoms. The molecule has 0 N–H and O–H groups in total. The van der Waals surface area contributed by atoms with Gasteiger partial charge in [0.2, 0.25) is 0 Å². The molecule has 1 heterocycles. The lowest BCUT2D eigenvalue weighted by atomic mass is 9.67. The van der Waals surface area contributed by atoms with Gasteiger partial charge in [-0.1, -0.05) is 140 Å². The minimum Gasteiger partial charge on any atom is -0.457 e. The normalized spacial score (nSPS) is 14.5. The van der Waals surface area contributed by atoms with E-state index in [1.165, 1.54) is 49.3 Å². The van der Waals surface area contributed by atoms with Crippen LogP contribution >= 0.6 is 0 Å². The molecule has 9 rings (SSSR count). The second kappa shape index (κ2) is 11.2. The van der Waals surface area contributed by atoms with Gasteiger partial charge in [-0.25, -0.2) is 0 Å². The van der Waals surface area contributed by atoms with E-state index in [0.29, 0.717) is 0 Å². The van der Waals surface area contributed by atoms with Crippen LogP contribution in [0.25, 0.3) is 11.1 Å². The van der Waals surface area contributed by atoms with Crippen LogP contribution in [0.2, 0.25) is 13.1 Å². The van der Waals surface area contributed by atoms with Crippen molar-refractivity contribution in [2.24, 2.45) is 0 Å². The molecule has 7 aromatic carbocycles. The topological polar surface area (TPSA) is 12.5 Å². The Morgan fingerprint density at radius 1 is 0.510 bits per heavy atom. The lowest BCUT2D eigenvalue weighted by Crippen LogP contribution is -2.56. The first-order valence-corrected chi connectivity index (χ1v) is 20.1.